The van der Waals surface area contributed by atoms with E-state index < -0.39 is 0 Å². The van der Waals surface area contributed by atoms with Crippen LogP contribution in [0.3, 0.4) is 0 Å². The van der Waals surface area contributed by atoms with Crippen molar-refractivity contribution in [1.29, 1.82) is 0 Å². The molecule has 0 aliphatic heterocycles. The number of rotatable bonds is 6. The van der Waals surface area contributed by atoms with Crippen molar-refractivity contribution in [1.82, 2.24) is 4.98 Å². The topological polar surface area (TPSA) is 68.0 Å². The molecule has 4 nitrogen and oxygen atoms in total. The van der Waals surface area contributed by atoms with Crippen molar-refractivity contribution >= 4 is 22.5 Å². The molecule has 1 amide bonds. The minimum atomic E-state index is 0.0162. The van der Waals surface area contributed by atoms with E-state index in [-0.39, 0.29) is 11.8 Å². The van der Waals surface area contributed by atoms with Crippen molar-refractivity contribution in [3.63, 3.8) is 0 Å². The van der Waals surface area contributed by atoms with Gasteiger partial charge in [-0.15, -0.1) is 0 Å². The molecule has 2 aromatic rings. The molecule has 0 saturated carbocycles. The third kappa shape index (κ3) is 4.26. The smallest absolute Gasteiger partial charge is 0.224 e. The van der Waals surface area contributed by atoms with Gasteiger partial charge in [-0.25, -0.2) is 0 Å². The Bertz CT molecular complexity index is 605. The van der Waals surface area contributed by atoms with Crippen molar-refractivity contribution in [2.24, 2.45) is 17.6 Å². The number of anilines is 1. The second-order valence-electron chi connectivity index (χ2n) is 5.86. The van der Waals surface area contributed by atoms with Crippen molar-refractivity contribution in [2.75, 3.05) is 11.9 Å². The second-order valence-corrected chi connectivity index (χ2v) is 5.86. The maximum Gasteiger partial charge on any atom is 0.224 e. The summed E-state index contributed by atoms with van der Waals surface area (Å²) in [6.45, 7) is 4.84. The number of amides is 1. The first-order chi connectivity index (χ1) is 10.1. The highest BCUT2D eigenvalue weighted by atomic mass is 16.1. The summed E-state index contributed by atoms with van der Waals surface area (Å²) in [4.78, 5) is 16.5. The van der Waals surface area contributed by atoms with E-state index in [2.05, 4.69) is 24.1 Å². The van der Waals surface area contributed by atoms with Crippen LogP contribution in [-0.2, 0) is 4.79 Å². The molecule has 1 aromatic heterocycles. The number of nitrogens with one attached hydrogen (secondary N) is 1. The van der Waals surface area contributed by atoms with Crippen LogP contribution in [0.2, 0.25) is 0 Å². The van der Waals surface area contributed by atoms with Crippen molar-refractivity contribution in [3.05, 3.63) is 36.5 Å². The lowest BCUT2D eigenvalue weighted by molar-refractivity contribution is -0.117. The van der Waals surface area contributed by atoms with Gasteiger partial charge in [-0.3, -0.25) is 9.78 Å². The van der Waals surface area contributed by atoms with Gasteiger partial charge in [-0.2, -0.15) is 0 Å². The molecule has 0 radical (unpaired) electrons. The van der Waals surface area contributed by atoms with E-state index in [1.54, 1.807) is 6.20 Å². The number of benzene rings is 1. The van der Waals surface area contributed by atoms with E-state index >= 15 is 0 Å². The van der Waals surface area contributed by atoms with E-state index in [4.69, 9.17) is 5.73 Å². The van der Waals surface area contributed by atoms with Crippen LogP contribution in [0.4, 0.5) is 5.69 Å². The van der Waals surface area contributed by atoms with E-state index in [0.29, 0.717) is 18.9 Å². The van der Waals surface area contributed by atoms with Crippen LogP contribution in [0.5, 0.6) is 0 Å². The Labute approximate surface area is 125 Å². The molecule has 0 fully saturated rings. The van der Waals surface area contributed by atoms with Gasteiger partial charge in [0.1, 0.15) is 0 Å². The van der Waals surface area contributed by atoms with E-state index in [9.17, 15) is 4.79 Å². The number of hydrogen-bond donors (Lipinski definition) is 2. The molecule has 21 heavy (non-hydrogen) atoms. The summed E-state index contributed by atoms with van der Waals surface area (Å²) in [6, 6.07) is 9.58. The van der Waals surface area contributed by atoms with Gasteiger partial charge in [0.15, 0.2) is 0 Å². The van der Waals surface area contributed by atoms with Gasteiger partial charge in [0.25, 0.3) is 0 Å². The first kappa shape index (κ1) is 15.4. The largest absolute Gasteiger partial charge is 0.330 e. The summed E-state index contributed by atoms with van der Waals surface area (Å²) in [5.74, 6) is 0.800. The van der Waals surface area contributed by atoms with E-state index in [1.807, 2.05) is 30.3 Å². The summed E-state index contributed by atoms with van der Waals surface area (Å²) in [7, 11) is 0. The lowest BCUT2D eigenvalue weighted by Crippen LogP contribution is -2.23. The number of hydrogen-bond acceptors (Lipinski definition) is 3. The molecular formula is C17H23N3O. The quantitative estimate of drug-likeness (QED) is 0.856. The van der Waals surface area contributed by atoms with Gasteiger partial charge >= 0.3 is 0 Å². The number of fused-ring (bicyclic) bond motifs is 1. The molecule has 2 rings (SSSR count). The maximum absolute atomic E-state index is 12.2. The van der Waals surface area contributed by atoms with Crippen LogP contribution in [0, 0.1) is 11.8 Å². The number of nitrogens with two attached hydrogens (primary N) is 1. The van der Waals surface area contributed by atoms with Crippen LogP contribution < -0.4 is 11.1 Å². The molecular weight excluding hydrogens is 262 g/mol. The second kappa shape index (κ2) is 7.18. The summed E-state index contributed by atoms with van der Waals surface area (Å²) < 4.78 is 0. The molecule has 4 heteroatoms. The number of nitrogens with zero attached hydrogens (tertiary/aromatic N) is 1. The average molecular weight is 285 g/mol. The Morgan fingerprint density at radius 3 is 2.81 bits per heavy atom. The molecule has 0 spiro atoms. The molecule has 0 aliphatic carbocycles. The molecule has 3 N–H and O–H groups in total. The minimum Gasteiger partial charge on any atom is -0.330 e. The Hall–Kier alpha value is -1.94. The van der Waals surface area contributed by atoms with Crippen molar-refractivity contribution < 1.29 is 4.79 Å². The minimum absolute atomic E-state index is 0.0162. The highest BCUT2D eigenvalue weighted by Gasteiger charge is 2.14. The van der Waals surface area contributed by atoms with Gasteiger partial charge in [0.2, 0.25) is 5.91 Å². The summed E-state index contributed by atoms with van der Waals surface area (Å²) >= 11 is 0. The van der Waals surface area contributed by atoms with Crippen LogP contribution in [-0.4, -0.2) is 17.4 Å². The number of aromatic nitrogens is 1. The third-order valence-corrected chi connectivity index (χ3v) is 3.53. The predicted molar refractivity (Wildman–Crippen MR) is 87.0 cm³/mol. The molecule has 0 aliphatic rings. The highest BCUT2D eigenvalue weighted by molar-refractivity contribution is 6.00. The van der Waals surface area contributed by atoms with Crippen LogP contribution >= 0.6 is 0 Å². The summed E-state index contributed by atoms with van der Waals surface area (Å²) in [6.07, 6.45) is 3.19. The monoisotopic (exact) mass is 285 g/mol. The molecule has 0 bridgehead atoms. The Morgan fingerprint density at radius 2 is 2.10 bits per heavy atom. The normalized spacial score (nSPS) is 12.6. The molecule has 0 unspecified atom stereocenters. The number of pyridine rings is 1. The molecule has 1 aromatic carbocycles. The van der Waals surface area contributed by atoms with Crippen LogP contribution in [0.15, 0.2) is 36.5 Å². The summed E-state index contributed by atoms with van der Waals surface area (Å²) in [5, 5.41) is 3.95. The van der Waals surface area contributed by atoms with Gasteiger partial charge in [-0.1, -0.05) is 19.9 Å². The predicted octanol–water partition coefficient (Wildman–Crippen LogP) is 3.18. The van der Waals surface area contributed by atoms with Crippen LogP contribution in [0.25, 0.3) is 10.9 Å². The fourth-order valence-corrected chi connectivity index (χ4v) is 2.61. The molecule has 1 heterocycles. The maximum atomic E-state index is 12.2. The fourth-order valence-electron chi connectivity index (χ4n) is 2.61. The SMILES string of the molecule is CC(C)C[C@H](CN)CC(=O)Nc1cccc2ncccc12. The fraction of sp³-hybridized carbons (Fsp3) is 0.412. The zero-order valence-corrected chi connectivity index (χ0v) is 12.7. The first-order valence-corrected chi connectivity index (χ1v) is 7.43. The van der Waals surface area contributed by atoms with Gasteiger partial charge in [0, 0.05) is 18.0 Å². The average Bonchev–Trinajstić information content (AvgIpc) is 2.46. The Balaban J connectivity index is 2.07. The molecule has 0 saturated heterocycles. The lowest BCUT2D eigenvalue weighted by Gasteiger charge is -2.17. The summed E-state index contributed by atoms with van der Waals surface area (Å²) in [5.41, 5.74) is 7.46. The van der Waals surface area contributed by atoms with Gasteiger partial charge in [-0.05, 0) is 49.1 Å². The number of carbonyl (C=O) groups is 1. The Morgan fingerprint density at radius 1 is 1.29 bits per heavy atom. The van der Waals surface area contributed by atoms with E-state index in [1.165, 1.54) is 0 Å². The molecule has 112 valence electrons. The van der Waals surface area contributed by atoms with Gasteiger partial charge in [0.05, 0.1) is 11.2 Å². The van der Waals surface area contributed by atoms with Crippen LogP contribution in [0.1, 0.15) is 26.7 Å². The Kier molecular flexibility index (Phi) is 5.28. The zero-order valence-electron chi connectivity index (χ0n) is 12.7. The van der Waals surface area contributed by atoms with Crippen molar-refractivity contribution in [2.45, 2.75) is 26.7 Å². The lowest BCUT2D eigenvalue weighted by atomic mass is 9.94. The highest BCUT2D eigenvalue weighted by Crippen LogP contribution is 2.22. The van der Waals surface area contributed by atoms with Gasteiger partial charge < -0.3 is 11.1 Å². The number of carbonyl (C=O) groups excluding carboxylic acids is 1. The van der Waals surface area contributed by atoms with E-state index in [0.717, 1.165) is 23.0 Å². The standard InChI is InChI=1S/C17H23N3O/c1-12(2)9-13(11-18)10-17(21)20-16-7-3-6-15-14(16)5-4-8-19-15/h3-8,12-13H,9-11,18H2,1-2H3,(H,20,21)/t13-/m0/s1. The molecule has 1 atom stereocenters. The third-order valence-electron chi connectivity index (χ3n) is 3.53. The first-order valence-electron chi connectivity index (χ1n) is 7.43. The van der Waals surface area contributed by atoms with Crippen molar-refractivity contribution in [3.8, 4) is 0 Å². The zero-order chi connectivity index (χ0) is 15.2.